The molecule has 1 saturated heterocycles. The number of benzene rings is 2. The third kappa shape index (κ3) is 9.79. The number of nitrogens with zero attached hydrogens (tertiary/aromatic N) is 3. The zero-order chi connectivity index (χ0) is 37.5. The molecule has 274 valence electrons. The number of pyridine rings is 1. The molecule has 0 radical (unpaired) electrons. The van der Waals surface area contributed by atoms with E-state index in [0.717, 1.165) is 4.90 Å². The van der Waals surface area contributed by atoms with E-state index in [9.17, 15) is 14.4 Å². The number of carbonyl (C=O) groups excluding carboxylic acids is 3. The van der Waals surface area contributed by atoms with Crippen LogP contribution in [0.1, 0.15) is 67.3 Å². The van der Waals surface area contributed by atoms with Gasteiger partial charge in [-0.05, 0) is 69.5 Å². The maximum atomic E-state index is 14.4. The molecule has 1 aliphatic rings. The third-order valence-corrected chi connectivity index (χ3v) is 8.92. The normalized spacial score (nSPS) is 15.5. The van der Waals surface area contributed by atoms with E-state index < -0.39 is 35.5 Å². The Morgan fingerprint density at radius 3 is 2.25 bits per heavy atom. The van der Waals surface area contributed by atoms with Crippen LogP contribution in [0.5, 0.6) is 23.0 Å². The van der Waals surface area contributed by atoms with E-state index in [0.29, 0.717) is 61.8 Å². The number of carbonyl (C=O) groups is 3. The van der Waals surface area contributed by atoms with Crippen LogP contribution in [0.25, 0.3) is 0 Å². The summed E-state index contributed by atoms with van der Waals surface area (Å²) < 4.78 is 27.9. The van der Waals surface area contributed by atoms with E-state index in [1.165, 1.54) is 6.20 Å². The van der Waals surface area contributed by atoms with Gasteiger partial charge in [0.2, 0.25) is 5.91 Å². The van der Waals surface area contributed by atoms with Crippen LogP contribution in [0.4, 0.5) is 4.79 Å². The molecule has 3 amide bonds. The van der Waals surface area contributed by atoms with Gasteiger partial charge in [-0.1, -0.05) is 30.7 Å². The Hall–Kier alpha value is -4.62. The average molecular weight is 741 g/mol. The molecule has 2 aromatic carbocycles. The van der Waals surface area contributed by atoms with E-state index >= 15 is 0 Å². The van der Waals surface area contributed by atoms with Gasteiger partial charge in [-0.25, -0.2) is 9.59 Å². The molecule has 0 spiro atoms. The fourth-order valence-corrected chi connectivity index (χ4v) is 6.23. The summed E-state index contributed by atoms with van der Waals surface area (Å²) in [6.45, 7) is 7.45. The summed E-state index contributed by atoms with van der Waals surface area (Å²) in [5.41, 5.74) is 1.44. The van der Waals surface area contributed by atoms with E-state index in [-0.39, 0.29) is 26.1 Å². The Labute approximate surface area is 309 Å². The van der Waals surface area contributed by atoms with Crippen LogP contribution in [0, 0.1) is 5.92 Å². The molecule has 4 rings (SSSR count). The molecule has 2 atom stereocenters. The highest BCUT2D eigenvalue weighted by molar-refractivity contribution is 7.80. The average Bonchev–Trinajstić information content (AvgIpc) is 3.21. The highest BCUT2D eigenvalue weighted by Crippen LogP contribution is 2.36. The number of ether oxygens (including phenoxy) is 5. The van der Waals surface area contributed by atoms with Crippen molar-refractivity contribution in [1.82, 2.24) is 20.1 Å². The van der Waals surface area contributed by atoms with Crippen molar-refractivity contribution in [3.8, 4) is 23.0 Å². The summed E-state index contributed by atoms with van der Waals surface area (Å²) in [7, 11) is 6.19. The van der Waals surface area contributed by atoms with Crippen LogP contribution < -0.4 is 24.3 Å². The number of halogens is 1. The molecule has 0 bridgehead atoms. The first-order chi connectivity index (χ1) is 24.2. The molecule has 51 heavy (non-hydrogen) atoms. The Balaban J connectivity index is 1.69. The van der Waals surface area contributed by atoms with Gasteiger partial charge in [-0.15, -0.1) is 0 Å². The summed E-state index contributed by atoms with van der Waals surface area (Å²) in [5, 5.41) is 3.43. The molecule has 12 nitrogen and oxygen atoms in total. The first-order valence-electron chi connectivity index (χ1n) is 16.4. The molecule has 1 aromatic heterocycles. The number of aromatic nitrogens is 1. The van der Waals surface area contributed by atoms with Crippen molar-refractivity contribution in [2.75, 3.05) is 41.5 Å². The van der Waals surface area contributed by atoms with Gasteiger partial charge >= 0.3 is 12.0 Å². The maximum absolute atomic E-state index is 14.4. The van der Waals surface area contributed by atoms with Crippen LogP contribution in [0.15, 0.2) is 48.7 Å². The minimum Gasteiger partial charge on any atom is -0.496 e. The highest BCUT2D eigenvalue weighted by atomic mass is 35.5. The molecule has 1 aliphatic heterocycles. The van der Waals surface area contributed by atoms with E-state index in [4.69, 9.17) is 47.5 Å². The number of rotatable bonds is 12. The minimum atomic E-state index is -0.743. The van der Waals surface area contributed by atoms with Crippen molar-refractivity contribution < 1.29 is 38.1 Å². The van der Waals surface area contributed by atoms with Crippen LogP contribution in [0.2, 0.25) is 5.02 Å². The lowest BCUT2D eigenvalue weighted by Crippen LogP contribution is -2.48. The number of urea groups is 1. The molecular weight excluding hydrogens is 696 g/mol. The number of nitrogens with one attached hydrogen (secondary N) is 1. The summed E-state index contributed by atoms with van der Waals surface area (Å²) in [6.07, 6.45) is 2.12. The van der Waals surface area contributed by atoms with Crippen LogP contribution in [0.3, 0.4) is 0 Å². The van der Waals surface area contributed by atoms with Crippen molar-refractivity contribution in [1.29, 1.82) is 0 Å². The van der Waals surface area contributed by atoms with E-state index in [1.807, 2.05) is 11.8 Å². The second-order valence-electron chi connectivity index (χ2n) is 12.9. The Morgan fingerprint density at radius 2 is 1.67 bits per heavy atom. The molecule has 1 fully saturated rings. The largest absolute Gasteiger partial charge is 0.496 e. The number of imide groups is 1. The fraction of sp³-hybridized carbons (Fsp3) is 0.432. The summed E-state index contributed by atoms with van der Waals surface area (Å²) in [6, 6.07) is 10.5. The van der Waals surface area contributed by atoms with Gasteiger partial charge in [-0.2, -0.15) is 0 Å². The highest BCUT2D eigenvalue weighted by Gasteiger charge is 2.38. The molecule has 3 aromatic rings. The lowest BCUT2D eigenvalue weighted by molar-refractivity contribution is -0.131. The Morgan fingerprint density at radius 1 is 1.00 bits per heavy atom. The Kier molecular flexibility index (Phi) is 13.1. The molecule has 2 heterocycles. The van der Waals surface area contributed by atoms with Gasteiger partial charge in [0.25, 0.3) is 0 Å². The van der Waals surface area contributed by atoms with Gasteiger partial charge in [0, 0.05) is 29.9 Å². The predicted octanol–water partition coefficient (Wildman–Crippen LogP) is 6.42. The lowest BCUT2D eigenvalue weighted by atomic mass is 9.96. The smallest absolute Gasteiger partial charge is 0.338 e. The first-order valence-corrected chi connectivity index (χ1v) is 17.2. The Bertz CT molecular complexity index is 1740. The van der Waals surface area contributed by atoms with Gasteiger partial charge in [0.05, 0.1) is 75.3 Å². The van der Waals surface area contributed by atoms with Crippen molar-refractivity contribution >= 4 is 46.7 Å². The standard InChI is InChI=1S/C37H45ClN4O8S/c1-9-28(29-16-22(12-13-39-29)35(44)50-37(2,3)4)40-36(45)42-21-33(51)41(20-27-31(48-7)17-26(46-5)18-32(27)49-8)19-24(34(42)43)14-23-15-25(38)10-11-30(23)47-6/h10-13,15-18,24,28H,9,14,19-21H2,1-8H3,(H,40,45)/t24-,28-/m1/s1. The molecule has 14 heteroatoms. The van der Waals surface area contributed by atoms with E-state index in [2.05, 4.69) is 10.3 Å². The number of esters is 1. The van der Waals surface area contributed by atoms with Gasteiger partial charge < -0.3 is 33.9 Å². The first kappa shape index (κ1) is 39.2. The van der Waals surface area contributed by atoms with Crippen molar-refractivity contribution in [2.45, 2.75) is 58.7 Å². The monoisotopic (exact) mass is 740 g/mol. The predicted molar refractivity (Wildman–Crippen MR) is 197 cm³/mol. The third-order valence-electron chi connectivity index (χ3n) is 8.30. The van der Waals surface area contributed by atoms with Crippen LogP contribution in [-0.2, 0) is 22.5 Å². The zero-order valence-electron chi connectivity index (χ0n) is 30.2. The number of hydrogen-bond donors (Lipinski definition) is 1. The quantitative estimate of drug-likeness (QED) is 0.163. The number of methoxy groups -OCH3 is 4. The van der Waals surface area contributed by atoms with E-state index in [1.54, 1.807) is 91.7 Å². The minimum absolute atomic E-state index is 0.161. The lowest BCUT2D eigenvalue weighted by Gasteiger charge is -2.27. The van der Waals surface area contributed by atoms with Crippen LogP contribution in [-0.4, -0.2) is 84.8 Å². The van der Waals surface area contributed by atoms with Crippen molar-refractivity contribution in [3.63, 3.8) is 0 Å². The number of thiocarbonyl (C=S) groups is 1. The zero-order valence-corrected chi connectivity index (χ0v) is 31.8. The molecule has 0 unspecified atom stereocenters. The number of amides is 3. The SMILES string of the molecule is CC[C@@H](NC(=O)N1CC(=S)N(Cc2c(OC)cc(OC)cc2OC)C[C@@H](Cc2cc(Cl)ccc2OC)C1=O)c1cc(C(=O)OC(C)(C)C)ccn1. The molecule has 0 saturated carbocycles. The van der Waals surface area contributed by atoms with Gasteiger partial charge in [0.15, 0.2) is 0 Å². The fourth-order valence-electron chi connectivity index (χ4n) is 5.77. The van der Waals surface area contributed by atoms with Crippen molar-refractivity contribution in [3.05, 3.63) is 76.1 Å². The topological polar surface area (TPSA) is 129 Å². The second kappa shape index (κ2) is 17.1. The molecular formula is C37H45ClN4O8S. The molecule has 1 N–H and O–H groups in total. The summed E-state index contributed by atoms with van der Waals surface area (Å²) >= 11 is 12.3. The number of hydrogen-bond acceptors (Lipinski definition) is 10. The van der Waals surface area contributed by atoms with Crippen molar-refractivity contribution in [2.24, 2.45) is 5.92 Å². The maximum Gasteiger partial charge on any atom is 0.338 e. The molecule has 0 aliphatic carbocycles. The van der Waals surface area contributed by atoms with Gasteiger partial charge in [-0.3, -0.25) is 14.7 Å². The summed E-state index contributed by atoms with van der Waals surface area (Å²) in [4.78, 5) is 49.0. The van der Waals surface area contributed by atoms with Gasteiger partial charge in [0.1, 0.15) is 28.6 Å². The van der Waals surface area contributed by atoms with Crippen LogP contribution >= 0.6 is 23.8 Å². The second-order valence-corrected chi connectivity index (χ2v) is 13.9. The summed E-state index contributed by atoms with van der Waals surface area (Å²) in [5.74, 6) is 0.447.